The molecule has 1 rings (SSSR count). The maximum Gasteiger partial charge on any atom is 0.0568 e. The highest BCUT2D eigenvalue weighted by Gasteiger charge is 2.26. The lowest BCUT2D eigenvalue weighted by Gasteiger charge is -2.30. The van der Waals surface area contributed by atoms with Crippen molar-refractivity contribution in [2.75, 3.05) is 0 Å². The topological polar surface area (TPSA) is 20.2 Å². The lowest BCUT2D eigenvalue weighted by atomic mass is 9.80. The van der Waals surface area contributed by atoms with Crippen LogP contribution in [0.2, 0.25) is 0 Å². The van der Waals surface area contributed by atoms with Crippen molar-refractivity contribution < 1.29 is 5.11 Å². The summed E-state index contributed by atoms with van der Waals surface area (Å²) < 4.78 is 0. The molecule has 1 N–H and O–H groups in total. The van der Waals surface area contributed by atoms with E-state index in [1.807, 2.05) is 0 Å². The lowest BCUT2D eigenvalue weighted by molar-refractivity contribution is 0.0222. The predicted octanol–water partition coefficient (Wildman–Crippen LogP) is 1.17. The second-order valence-corrected chi connectivity index (χ2v) is 2.31. The Hall–Kier alpha value is -0.0400. The molecule has 0 aromatic carbocycles. The monoisotopic (exact) mass is 100 g/mol. The van der Waals surface area contributed by atoms with Crippen LogP contribution < -0.4 is 0 Å². The largest absolute Gasteiger partial charge is 0.393 e. The number of rotatable bonds is 1. The first-order valence-electron chi connectivity index (χ1n) is 3.02. The fourth-order valence-electron chi connectivity index (χ4n) is 1.03. The van der Waals surface area contributed by atoms with Gasteiger partial charge in [0.15, 0.2) is 0 Å². The molecule has 0 unspecified atom stereocenters. The van der Waals surface area contributed by atoms with E-state index < -0.39 is 0 Å². The Morgan fingerprint density at radius 1 is 1.57 bits per heavy atom. The summed E-state index contributed by atoms with van der Waals surface area (Å²) in [6, 6.07) is 0. The van der Waals surface area contributed by atoms with E-state index in [0.29, 0.717) is 5.92 Å². The van der Waals surface area contributed by atoms with Crippen LogP contribution in [-0.2, 0) is 0 Å². The molecule has 0 aromatic rings. The lowest BCUT2D eigenvalue weighted by Crippen LogP contribution is -2.30. The highest BCUT2D eigenvalue weighted by Crippen LogP contribution is 2.29. The molecule has 1 aliphatic carbocycles. The quantitative estimate of drug-likeness (QED) is 0.524. The number of aliphatic hydroxyl groups excluding tert-OH is 1. The highest BCUT2D eigenvalue weighted by atomic mass is 16.3. The molecule has 0 saturated heterocycles. The van der Waals surface area contributed by atoms with E-state index in [2.05, 4.69) is 6.92 Å². The molecule has 0 bridgehead atoms. The van der Waals surface area contributed by atoms with Gasteiger partial charge in [-0.2, -0.15) is 0 Å². The van der Waals surface area contributed by atoms with Gasteiger partial charge in [-0.15, -0.1) is 0 Å². The van der Waals surface area contributed by atoms with Crippen LogP contribution in [0.3, 0.4) is 0 Å². The van der Waals surface area contributed by atoms with Gasteiger partial charge < -0.3 is 5.11 Å². The van der Waals surface area contributed by atoms with Crippen LogP contribution in [0.15, 0.2) is 0 Å². The maximum absolute atomic E-state index is 8.91. The van der Waals surface area contributed by atoms with E-state index in [0.717, 1.165) is 12.8 Å². The third-order valence-electron chi connectivity index (χ3n) is 1.90. The number of hydrogen-bond donors (Lipinski definition) is 1. The molecule has 1 fully saturated rings. The molecule has 1 saturated carbocycles. The van der Waals surface area contributed by atoms with Gasteiger partial charge >= 0.3 is 0 Å². The minimum atomic E-state index is 0.0463. The van der Waals surface area contributed by atoms with Crippen molar-refractivity contribution >= 4 is 0 Å². The maximum atomic E-state index is 8.91. The van der Waals surface area contributed by atoms with Gasteiger partial charge in [-0.25, -0.2) is 0 Å². The van der Waals surface area contributed by atoms with Crippen LogP contribution >= 0.6 is 0 Å². The van der Waals surface area contributed by atoms with E-state index in [-0.39, 0.29) is 6.10 Å². The molecule has 0 radical (unpaired) electrons. The van der Waals surface area contributed by atoms with Gasteiger partial charge in [-0.3, -0.25) is 0 Å². The fraction of sp³-hybridized carbons (Fsp3) is 1.00. The van der Waals surface area contributed by atoms with Gasteiger partial charge in [0.2, 0.25) is 0 Å². The van der Waals surface area contributed by atoms with E-state index in [1.165, 1.54) is 6.42 Å². The van der Waals surface area contributed by atoms with Gasteiger partial charge in [0.05, 0.1) is 6.10 Å². The molecule has 2 atom stereocenters. The molecular formula is C6H12O. The smallest absolute Gasteiger partial charge is 0.0568 e. The molecule has 0 amide bonds. The summed E-state index contributed by atoms with van der Waals surface area (Å²) in [5.74, 6) is 0.639. The van der Waals surface area contributed by atoms with Gasteiger partial charge in [0, 0.05) is 0 Å². The first-order chi connectivity index (χ1) is 3.34. The average molecular weight is 100 g/mol. The van der Waals surface area contributed by atoms with Crippen LogP contribution in [0.25, 0.3) is 0 Å². The van der Waals surface area contributed by atoms with E-state index in [9.17, 15) is 0 Å². The molecular weight excluding hydrogens is 88.1 g/mol. The standard InChI is InChI=1S/C6H12O/c1-2-5-3-4-6(5)7/h5-7H,2-4H2,1H3/t5-,6-/m1/s1. The van der Waals surface area contributed by atoms with Crippen LogP contribution in [0, 0.1) is 5.92 Å². The molecule has 0 spiro atoms. The van der Waals surface area contributed by atoms with Crippen molar-refractivity contribution in [3.63, 3.8) is 0 Å². The Morgan fingerprint density at radius 2 is 2.29 bits per heavy atom. The SMILES string of the molecule is CC[C@@H]1CC[C@H]1O. The van der Waals surface area contributed by atoms with E-state index in [4.69, 9.17) is 5.11 Å². The van der Waals surface area contributed by atoms with Gasteiger partial charge in [0.25, 0.3) is 0 Å². The van der Waals surface area contributed by atoms with Gasteiger partial charge in [-0.05, 0) is 18.8 Å². The summed E-state index contributed by atoms with van der Waals surface area (Å²) in [6.45, 7) is 2.13. The third kappa shape index (κ3) is 0.778. The van der Waals surface area contributed by atoms with Gasteiger partial charge in [0.1, 0.15) is 0 Å². The third-order valence-corrected chi connectivity index (χ3v) is 1.90. The fourth-order valence-corrected chi connectivity index (χ4v) is 1.03. The van der Waals surface area contributed by atoms with Crippen LogP contribution in [0.4, 0.5) is 0 Å². The normalized spacial score (nSPS) is 40.3. The molecule has 7 heavy (non-hydrogen) atoms. The summed E-state index contributed by atoms with van der Waals surface area (Å²) in [7, 11) is 0. The number of hydrogen-bond acceptors (Lipinski definition) is 1. The summed E-state index contributed by atoms with van der Waals surface area (Å²) in [5, 5.41) is 8.91. The second kappa shape index (κ2) is 1.83. The Kier molecular flexibility index (Phi) is 1.33. The minimum Gasteiger partial charge on any atom is -0.393 e. The minimum absolute atomic E-state index is 0.0463. The van der Waals surface area contributed by atoms with E-state index >= 15 is 0 Å². The molecule has 1 heteroatoms. The van der Waals surface area contributed by atoms with Crippen molar-refractivity contribution in [3.8, 4) is 0 Å². The van der Waals surface area contributed by atoms with Crippen molar-refractivity contribution in [2.24, 2.45) is 5.92 Å². The molecule has 42 valence electrons. The first kappa shape index (κ1) is 5.10. The summed E-state index contributed by atoms with van der Waals surface area (Å²) in [6.07, 6.45) is 3.49. The Labute approximate surface area is 44.4 Å². The zero-order valence-electron chi connectivity index (χ0n) is 4.72. The van der Waals surface area contributed by atoms with Gasteiger partial charge in [-0.1, -0.05) is 13.3 Å². The Balaban J connectivity index is 2.16. The molecule has 0 aromatic heterocycles. The van der Waals surface area contributed by atoms with Crippen LogP contribution in [0.5, 0.6) is 0 Å². The number of aliphatic hydroxyl groups is 1. The van der Waals surface area contributed by atoms with E-state index in [1.54, 1.807) is 0 Å². The molecule has 0 heterocycles. The first-order valence-corrected chi connectivity index (χ1v) is 3.02. The van der Waals surface area contributed by atoms with Crippen molar-refractivity contribution in [3.05, 3.63) is 0 Å². The highest BCUT2D eigenvalue weighted by molar-refractivity contribution is 4.77. The molecule has 0 aliphatic heterocycles. The zero-order chi connectivity index (χ0) is 5.28. The molecule has 1 nitrogen and oxygen atoms in total. The van der Waals surface area contributed by atoms with Crippen molar-refractivity contribution in [1.29, 1.82) is 0 Å². The Morgan fingerprint density at radius 3 is 2.29 bits per heavy atom. The second-order valence-electron chi connectivity index (χ2n) is 2.31. The Bertz CT molecular complexity index is 59.2. The summed E-state index contributed by atoms with van der Waals surface area (Å²) in [5.41, 5.74) is 0. The van der Waals surface area contributed by atoms with Crippen molar-refractivity contribution in [2.45, 2.75) is 32.3 Å². The van der Waals surface area contributed by atoms with Crippen LogP contribution in [-0.4, -0.2) is 11.2 Å². The predicted molar refractivity (Wildman–Crippen MR) is 29.0 cm³/mol. The average Bonchev–Trinajstić information content (AvgIpc) is 1.65. The molecule has 1 aliphatic rings. The summed E-state index contributed by atoms with van der Waals surface area (Å²) in [4.78, 5) is 0. The zero-order valence-corrected chi connectivity index (χ0v) is 4.72. The summed E-state index contributed by atoms with van der Waals surface area (Å²) >= 11 is 0. The van der Waals surface area contributed by atoms with Crippen molar-refractivity contribution in [1.82, 2.24) is 0 Å². The van der Waals surface area contributed by atoms with Crippen LogP contribution in [0.1, 0.15) is 26.2 Å².